The Kier molecular flexibility index (Phi) is 5.43. The standard InChI is InChI=1S/C22H16N4S3/c1-5-15-9-3-11-23-19(15)17(7-1)13-27-21-25-26-22(29-21)28-14-18-8-2-6-16-10-4-12-24-20(16)18/h1-12H,13-14H2. The van der Waals surface area contributed by atoms with Crippen LogP contribution in [0.15, 0.2) is 81.7 Å². The third kappa shape index (κ3) is 4.12. The Balaban J connectivity index is 1.26. The van der Waals surface area contributed by atoms with Gasteiger partial charge < -0.3 is 0 Å². The molecule has 5 aromatic rings. The molecule has 0 aliphatic carbocycles. The van der Waals surface area contributed by atoms with Gasteiger partial charge in [0.1, 0.15) is 0 Å². The first-order valence-corrected chi connectivity index (χ1v) is 11.9. The van der Waals surface area contributed by atoms with Crippen LogP contribution < -0.4 is 0 Å². The lowest BCUT2D eigenvalue weighted by Gasteiger charge is -2.04. The number of pyridine rings is 2. The van der Waals surface area contributed by atoms with Crippen molar-refractivity contribution in [3.63, 3.8) is 0 Å². The Bertz CT molecular complexity index is 1180. The molecular weight excluding hydrogens is 416 g/mol. The molecule has 0 aliphatic rings. The van der Waals surface area contributed by atoms with E-state index in [0.29, 0.717) is 0 Å². The number of hydrogen-bond acceptors (Lipinski definition) is 7. The first kappa shape index (κ1) is 18.5. The third-order valence-electron chi connectivity index (χ3n) is 4.52. The number of benzene rings is 2. The molecule has 142 valence electrons. The zero-order chi connectivity index (χ0) is 19.5. The van der Waals surface area contributed by atoms with E-state index in [-0.39, 0.29) is 0 Å². The molecule has 29 heavy (non-hydrogen) atoms. The van der Waals surface area contributed by atoms with Gasteiger partial charge in [0.25, 0.3) is 0 Å². The van der Waals surface area contributed by atoms with Crippen molar-refractivity contribution in [1.82, 2.24) is 20.2 Å². The van der Waals surface area contributed by atoms with Crippen LogP contribution >= 0.6 is 34.9 Å². The average molecular weight is 433 g/mol. The second-order valence-corrected chi connectivity index (χ2v) is 9.82. The van der Waals surface area contributed by atoms with Crippen molar-refractivity contribution in [2.75, 3.05) is 0 Å². The highest BCUT2D eigenvalue weighted by atomic mass is 32.2. The minimum Gasteiger partial charge on any atom is -0.256 e. The van der Waals surface area contributed by atoms with Crippen molar-refractivity contribution in [2.45, 2.75) is 20.2 Å². The van der Waals surface area contributed by atoms with Crippen LogP contribution in [0.3, 0.4) is 0 Å². The number of hydrogen-bond donors (Lipinski definition) is 0. The summed E-state index contributed by atoms with van der Waals surface area (Å²) in [6, 6.07) is 20.8. The number of para-hydroxylation sites is 2. The first-order valence-electron chi connectivity index (χ1n) is 9.11. The Morgan fingerprint density at radius 2 is 1.10 bits per heavy atom. The maximum atomic E-state index is 4.53. The molecule has 5 rings (SSSR count). The number of fused-ring (bicyclic) bond motifs is 2. The Hall–Kier alpha value is -2.48. The van der Waals surface area contributed by atoms with Crippen LogP contribution in [0.1, 0.15) is 11.1 Å². The van der Waals surface area contributed by atoms with Gasteiger partial charge in [-0.1, -0.05) is 83.4 Å². The largest absolute Gasteiger partial charge is 0.256 e. The van der Waals surface area contributed by atoms with Crippen molar-refractivity contribution in [2.24, 2.45) is 0 Å². The van der Waals surface area contributed by atoms with Gasteiger partial charge in [-0.05, 0) is 23.3 Å². The lowest BCUT2D eigenvalue weighted by atomic mass is 10.1. The van der Waals surface area contributed by atoms with E-state index in [0.717, 1.165) is 31.2 Å². The summed E-state index contributed by atoms with van der Waals surface area (Å²) in [5.74, 6) is 1.67. The van der Waals surface area contributed by atoms with E-state index in [1.54, 1.807) is 34.9 Å². The minimum absolute atomic E-state index is 0.834. The van der Waals surface area contributed by atoms with Crippen LogP contribution in [0.2, 0.25) is 0 Å². The molecule has 3 heterocycles. The fourth-order valence-electron chi connectivity index (χ4n) is 3.16. The van der Waals surface area contributed by atoms with Crippen LogP contribution in [-0.4, -0.2) is 20.2 Å². The van der Waals surface area contributed by atoms with E-state index in [2.05, 4.69) is 68.7 Å². The van der Waals surface area contributed by atoms with Crippen LogP contribution in [0.5, 0.6) is 0 Å². The molecule has 0 unspecified atom stereocenters. The monoisotopic (exact) mass is 432 g/mol. The number of thioether (sulfide) groups is 2. The predicted octanol–water partition coefficient (Wildman–Crippen LogP) is 6.22. The average Bonchev–Trinajstić information content (AvgIpc) is 3.24. The summed E-state index contributed by atoms with van der Waals surface area (Å²) in [4.78, 5) is 9.06. The fourth-order valence-corrected chi connectivity index (χ4v) is 6.15. The normalized spacial score (nSPS) is 11.3. The number of nitrogens with zero attached hydrogens (tertiary/aromatic N) is 4. The smallest absolute Gasteiger partial charge is 0.175 e. The molecule has 4 nitrogen and oxygen atoms in total. The summed E-state index contributed by atoms with van der Waals surface area (Å²) in [5.41, 5.74) is 4.56. The first-order chi connectivity index (χ1) is 14.4. The van der Waals surface area contributed by atoms with Crippen molar-refractivity contribution < 1.29 is 0 Å². The van der Waals surface area contributed by atoms with E-state index in [4.69, 9.17) is 0 Å². The SMILES string of the molecule is c1cnc2c(CSc3nnc(SCc4cccc5cccnc45)s3)cccc2c1. The third-order valence-corrected chi connectivity index (χ3v) is 7.81. The summed E-state index contributed by atoms with van der Waals surface area (Å²) in [7, 11) is 0. The molecule has 3 aromatic heterocycles. The molecular formula is C22H16N4S3. The van der Waals surface area contributed by atoms with Gasteiger partial charge >= 0.3 is 0 Å². The fraction of sp³-hybridized carbons (Fsp3) is 0.0909. The van der Waals surface area contributed by atoms with E-state index in [9.17, 15) is 0 Å². The van der Waals surface area contributed by atoms with Crippen LogP contribution in [0.25, 0.3) is 21.8 Å². The van der Waals surface area contributed by atoms with Gasteiger partial charge in [0.05, 0.1) is 11.0 Å². The molecule has 0 spiro atoms. The molecule has 0 bridgehead atoms. The van der Waals surface area contributed by atoms with Gasteiger partial charge in [0, 0.05) is 34.7 Å². The van der Waals surface area contributed by atoms with Gasteiger partial charge in [-0.15, -0.1) is 10.2 Å². The molecule has 7 heteroatoms. The van der Waals surface area contributed by atoms with E-state index >= 15 is 0 Å². The van der Waals surface area contributed by atoms with Gasteiger partial charge in [0.15, 0.2) is 8.68 Å². The van der Waals surface area contributed by atoms with Gasteiger partial charge in [-0.2, -0.15) is 0 Å². The lowest BCUT2D eigenvalue weighted by Crippen LogP contribution is -1.86. The van der Waals surface area contributed by atoms with E-state index < -0.39 is 0 Å². The molecule has 0 saturated heterocycles. The Labute approximate surface area is 180 Å². The van der Waals surface area contributed by atoms with Crippen molar-refractivity contribution in [3.8, 4) is 0 Å². The summed E-state index contributed by atoms with van der Waals surface area (Å²) >= 11 is 5.07. The molecule has 2 aromatic carbocycles. The number of aromatic nitrogens is 4. The minimum atomic E-state index is 0.834. The molecule has 0 aliphatic heterocycles. The van der Waals surface area contributed by atoms with E-state index in [1.807, 2.05) is 24.5 Å². The van der Waals surface area contributed by atoms with Gasteiger partial charge in [-0.25, -0.2) is 0 Å². The summed E-state index contributed by atoms with van der Waals surface area (Å²) in [6.07, 6.45) is 3.69. The molecule has 0 N–H and O–H groups in total. The maximum Gasteiger partial charge on any atom is 0.175 e. The molecule has 0 atom stereocenters. The summed E-state index contributed by atoms with van der Waals surface area (Å²) in [5, 5.41) is 11.1. The zero-order valence-corrected chi connectivity index (χ0v) is 17.8. The van der Waals surface area contributed by atoms with Gasteiger partial charge in [-0.3, -0.25) is 9.97 Å². The Morgan fingerprint density at radius 3 is 1.62 bits per heavy atom. The van der Waals surface area contributed by atoms with Crippen LogP contribution in [0, 0.1) is 0 Å². The molecule has 0 saturated carbocycles. The topological polar surface area (TPSA) is 51.6 Å². The van der Waals surface area contributed by atoms with E-state index in [1.165, 1.54) is 21.9 Å². The molecule has 0 amide bonds. The Morgan fingerprint density at radius 1 is 0.621 bits per heavy atom. The van der Waals surface area contributed by atoms with Crippen molar-refractivity contribution >= 4 is 56.7 Å². The second-order valence-electron chi connectivity index (χ2n) is 6.40. The second kappa shape index (κ2) is 8.49. The van der Waals surface area contributed by atoms with Gasteiger partial charge in [0.2, 0.25) is 0 Å². The molecule has 0 radical (unpaired) electrons. The highest BCUT2D eigenvalue weighted by Gasteiger charge is 2.09. The maximum absolute atomic E-state index is 4.53. The quantitative estimate of drug-likeness (QED) is 0.297. The van der Waals surface area contributed by atoms with Crippen molar-refractivity contribution in [3.05, 3.63) is 84.2 Å². The van der Waals surface area contributed by atoms with Crippen LogP contribution in [0.4, 0.5) is 0 Å². The number of rotatable bonds is 6. The lowest BCUT2D eigenvalue weighted by molar-refractivity contribution is 0.954. The summed E-state index contributed by atoms with van der Waals surface area (Å²) < 4.78 is 1.97. The highest BCUT2D eigenvalue weighted by molar-refractivity contribution is 8.02. The molecule has 0 fully saturated rings. The predicted molar refractivity (Wildman–Crippen MR) is 123 cm³/mol. The zero-order valence-electron chi connectivity index (χ0n) is 15.4. The van der Waals surface area contributed by atoms with Crippen LogP contribution in [-0.2, 0) is 11.5 Å². The summed E-state index contributed by atoms with van der Waals surface area (Å²) in [6.45, 7) is 0. The highest BCUT2D eigenvalue weighted by Crippen LogP contribution is 2.34. The van der Waals surface area contributed by atoms with Crippen molar-refractivity contribution in [1.29, 1.82) is 0 Å².